The normalized spacial score (nSPS) is 8.21. The summed E-state index contributed by atoms with van der Waals surface area (Å²) in [4.78, 5) is 11.0. The van der Waals surface area contributed by atoms with E-state index < -0.39 is 0 Å². The molecule has 24 heavy (non-hydrogen) atoms. The van der Waals surface area contributed by atoms with E-state index in [9.17, 15) is 4.79 Å². The van der Waals surface area contributed by atoms with E-state index in [0.29, 0.717) is 5.56 Å². The van der Waals surface area contributed by atoms with Crippen molar-refractivity contribution in [2.75, 3.05) is 0 Å². The Morgan fingerprint density at radius 3 is 1.67 bits per heavy atom. The lowest BCUT2D eigenvalue weighted by Crippen LogP contribution is -2.15. The van der Waals surface area contributed by atoms with Crippen molar-refractivity contribution in [1.82, 2.24) is 0 Å². The topological polar surface area (TPSA) is 43.1 Å². The van der Waals surface area contributed by atoms with Gasteiger partial charge in [-0.05, 0) is 31.4 Å². The maximum atomic E-state index is 11.0. The Bertz CT molecular complexity index is 547. The molecule has 0 atom stereocenters. The highest BCUT2D eigenvalue weighted by molar-refractivity contribution is 5.95. The summed E-state index contributed by atoms with van der Waals surface area (Å²) in [5.41, 5.74) is 9.24. The molecule has 0 saturated heterocycles. The van der Waals surface area contributed by atoms with E-state index in [-0.39, 0.29) is 20.8 Å². The minimum Gasteiger partial charge on any atom is -0.366 e. The molecule has 0 spiro atoms. The van der Waals surface area contributed by atoms with Gasteiger partial charge < -0.3 is 5.73 Å². The molecule has 0 saturated carbocycles. The second-order valence-electron chi connectivity index (χ2n) is 5.19. The van der Waals surface area contributed by atoms with Crippen LogP contribution in [0.2, 0.25) is 0 Å². The maximum absolute atomic E-state index is 11.0. The molecule has 0 fully saturated rings. The monoisotopic (exact) mass is 331 g/mol. The molecule has 0 aliphatic rings. The Morgan fingerprint density at radius 2 is 1.38 bits per heavy atom. The average molecular weight is 332 g/mol. The van der Waals surface area contributed by atoms with Gasteiger partial charge in [-0.1, -0.05) is 96.1 Å². The Kier molecular flexibility index (Phi) is 17.6. The molecule has 2 N–H and O–H groups in total. The van der Waals surface area contributed by atoms with Crippen LogP contribution in [0.5, 0.6) is 0 Å². The summed E-state index contributed by atoms with van der Waals surface area (Å²) < 4.78 is 0. The van der Waals surface area contributed by atoms with Crippen LogP contribution < -0.4 is 5.73 Å². The van der Waals surface area contributed by atoms with Crippen LogP contribution in [0.4, 0.5) is 0 Å². The molecule has 0 aromatic heterocycles. The van der Waals surface area contributed by atoms with Crippen molar-refractivity contribution in [3.8, 4) is 0 Å². The van der Waals surface area contributed by atoms with Crippen LogP contribution in [0.25, 0.3) is 0 Å². The summed E-state index contributed by atoms with van der Waals surface area (Å²) in [7, 11) is 0. The zero-order valence-electron chi connectivity index (χ0n) is 14.5. The summed E-state index contributed by atoms with van der Waals surface area (Å²) in [6, 6.07) is 16.0. The third kappa shape index (κ3) is 10.6. The van der Waals surface area contributed by atoms with Crippen molar-refractivity contribution < 1.29 is 4.79 Å². The maximum Gasteiger partial charge on any atom is 0.249 e. The molecule has 0 aliphatic carbocycles. The predicted molar refractivity (Wildman–Crippen MR) is 110 cm³/mol. The molecule has 2 aromatic rings. The van der Waals surface area contributed by atoms with Gasteiger partial charge in [0.15, 0.2) is 0 Å². The third-order valence-electron chi connectivity index (χ3n) is 2.93. The van der Waals surface area contributed by atoms with Crippen LogP contribution in [0, 0.1) is 13.8 Å². The lowest BCUT2D eigenvalue weighted by Gasteiger charge is -2.06. The zero-order valence-corrected chi connectivity index (χ0v) is 14.5. The van der Waals surface area contributed by atoms with E-state index in [0.717, 1.165) is 17.5 Å². The van der Waals surface area contributed by atoms with Gasteiger partial charge in [0.25, 0.3) is 0 Å². The lowest BCUT2D eigenvalue weighted by atomic mass is 10.00. The number of benzene rings is 2. The van der Waals surface area contributed by atoms with E-state index in [1.807, 2.05) is 50.2 Å². The van der Waals surface area contributed by atoms with Gasteiger partial charge in [0.1, 0.15) is 0 Å². The van der Waals surface area contributed by atoms with Crippen LogP contribution in [-0.2, 0) is 6.42 Å². The van der Waals surface area contributed by atoms with Gasteiger partial charge in [-0.25, -0.2) is 0 Å². The molecular formula is C22H37NO. The highest BCUT2D eigenvalue weighted by Crippen LogP contribution is 2.13. The number of carbonyl (C=O) groups excluding carboxylic acids is 1. The van der Waals surface area contributed by atoms with Crippen molar-refractivity contribution in [2.24, 2.45) is 5.73 Å². The summed E-state index contributed by atoms with van der Waals surface area (Å²) in [5.74, 6) is -0.329. The van der Waals surface area contributed by atoms with Gasteiger partial charge >= 0.3 is 0 Å². The molecule has 0 radical (unpaired) electrons. The first-order chi connectivity index (χ1) is 10.5. The van der Waals surface area contributed by atoms with Gasteiger partial charge in [-0.2, -0.15) is 0 Å². The van der Waals surface area contributed by atoms with Crippen molar-refractivity contribution in [2.45, 2.75) is 62.3 Å². The highest BCUT2D eigenvalue weighted by Gasteiger charge is 2.08. The molecule has 2 nitrogen and oxygen atoms in total. The number of nitrogens with two attached hydrogens (primary N) is 1. The Labute approximate surface area is 150 Å². The zero-order chi connectivity index (χ0) is 17.0. The largest absolute Gasteiger partial charge is 0.366 e. The van der Waals surface area contributed by atoms with E-state index in [1.54, 1.807) is 0 Å². The van der Waals surface area contributed by atoms with Gasteiger partial charge in [0.2, 0.25) is 5.91 Å². The van der Waals surface area contributed by atoms with Gasteiger partial charge in [0, 0.05) is 5.56 Å². The molecule has 0 unspecified atom stereocenters. The van der Waals surface area contributed by atoms with Crippen LogP contribution >= 0.6 is 0 Å². The fraction of sp³-hybridized carbons (Fsp3) is 0.409. The first-order valence-corrected chi connectivity index (χ1v) is 7.87. The number of carbonyl (C=O) groups is 1. The van der Waals surface area contributed by atoms with Crippen molar-refractivity contribution in [3.63, 3.8) is 0 Å². The molecule has 136 valence electrons. The lowest BCUT2D eigenvalue weighted by molar-refractivity contribution is 0.0999. The van der Waals surface area contributed by atoms with Gasteiger partial charge in [-0.3, -0.25) is 4.79 Å². The Hall–Kier alpha value is -2.09. The van der Waals surface area contributed by atoms with Crippen LogP contribution in [0.15, 0.2) is 48.5 Å². The molecule has 1 amide bonds. The van der Waals surface area contributed by atoms with E-state index in [4.69, 9.17) is 5.73 Å². The number of aryl methyl sites for hydroxylation is 3. The molecular weight excluding hydrogens is 294 g/mol. The number of hydrogen-bond acceptors (Lipinski definition) is 1. The van der Waals surface area contributed by atoms with E-state index in [1.165, 1.54) is 12.0 Å². The van der Waals surface area contributed by atoms with Crippen LogP contribution in [0.1, 0.15) is 69.1 Å². The Morgan fingerprint density at radius 1 is 0.875 bits per heavy atom. The molecule has 2 aromatic carbocycles. The minimum absolute atomic E-state index is 0. The first-order valence-electron chi connectivity index (χ1n) is 7.87. The number of hydrogen-bond donors (Lipinski definition) is 1. The number of primary amides is 1. The van der Waals surface area contributed by atoms with E-state index in [2.05, 4.69) is 32.9 Å². The van der Waals surface area contributed by atoms with Crippen LogP contribution in [-0.4, -0.2) is 5.91 Å². The molecule has 0 heterocycles. The smallest absolute Gasteiger partial charge is 0.249 e. The second-order valence-corrected chi connectivity index (χ2v) is 5.19. The molecule has 2 heteroatoms. The summed E-state index contributed by atoms with van der Waals surface area (Å²) in [6.45, 7) is 10.3. The van der Waals surface area contributed by atoms with Crippen LogP contribution in [0.3, 0.4) is 0 Å². The van der Waals surface area contributed by atoms with Crippen molar-refractivity contribution in [1.29, 1.82) is 0 Å². The van der Waals surface area contributed by atoms with Crippen molar-refractivity contribution >= 4 is 5.91 Å². The number of rotatable bonds is 2. The SMILES string of the molecule is C.C.CCC.CCc1cccc(C)c1C(N)=O.Cc1ccccc1. The predicted octanol–water partition coefficient (Wildman–Crippen LogP) is 6.34. The average Bonchev–Trinajstić information content (AvgIpc) is 2.48. The fourth-order valence-corrected chi connectivity index (χ4v) is 1.91. The third-order valence-corrected chi connectivity index (χ3v) is 2.93. The highest BCUT2D eigenvalue weighted by atomic mass is 16.1. The Balaban J connectivity index is -0.000000316. The van der Waals surface area contributed by atoms with Gasteiger partial charge in [-0.15, -0.1) is 0 Å². The van der Waals surface area contributed by atoms with E-state index >= 15 is 0 Å². The summed E-state index contributed by atoms with van der Waals surface area (Å²) in [6.07, 6.45) is 2.10. The summed E-state index contributed by atoms with van der Waals surface area (Å²) in [5, 5.41) is 0. The van der Waals surface area contributed by atoms with Gasteiger partial charge in [0.05, 0.1) is 0 Å². The second kappa shape index (κ2) is 15.8. The minimum atomic E-state index is -0.329. The molecule has 2 rings (SSSR count). The quantitative estimate of drug-likeness (QED) is 0.685. The summed E-state index contributed by atoms with van der Waals surface area (Å²) >= 11 is 0. The number of amides is 1. The fourth-order valence-electron chi connectivity index (χ4n) is 1.91. The molecule has 0 bridgehead atoms. The standard InChI is InChI=1S/C10H13NO.C7H8.C3H8.2CH4/c1-3-8-6-4-5-7(2)9(8)10(11)12;1-7-5-3-2-4-6-7;1-3-2;;/h4-6H,3H2,1-2H3,(H2,11,12);2-6H,1H3;3H2,1-2H3;2*1H4. The first kappa shape index (κ1) is 26.8. The molecule has 0 aliphatic heterocycles. The van der Waals surface area contributed by atoms with Crippen molar-refractivity contribution in [3.05, 3.63) is 70.8 Å².